The van der Waals surface area contributed by atoms with Crippen LogP contribution in [0.4, 0.5) is 5.69 Å². The maximum atomic E-state index is 2.47. The summed E-state index contributed by atoms with van der Waals surface area (Å²) < 4.78 is 0. The lowest BCUT2D eigenvalue weighted by Gasteiger charge is -2.14. The van der Waals surface area contributed by atoms with E-state index in [2.05, 4.69) is 30.1 Å². The summed E-state index contributed by atoms with van der Waals surface area (Å²) >= 11 is 0. The summed E-state index contributed by atoms with van der Waals surface area (Å²) in [7, 11) is 2.20. The molecule has 0 radical (unpaired) electrons. The van der Waals surface area contributed by atoms with E-state index in [1.807, 2.05) is 0 Å². The number of benzene rings is 1. The second-order valence-corrected chi connectivity index (χ2v) is 5.04. The topological polar surface area (TPSA) is 3.24 Å². The van der Waals surface area contributed by atoms with E-state index in [0.717, 1.165) is 5.92 Å². The maximum absolute atomic E-state index is 2.47. The Balaban J connectivity index is 1.92. The van der Waals surface area contributed by atoms with Crippen LogP contribution in [0.3, 0.4) is 0 Å². The summed E-state index contributed by atoms with van der Waals surface area (Å²) in [5, 5.41) is 0. The van der Waals surface area contributed by atoms with Gasteiger partial charge in [0.2, 0.25) is 0 Å². The van der Waals surface area contributed by atoms with Crippen LogP contribution >= 0.6 is 0 Å². The number of rotatable bonds is 1. The van der Waals surface area contributed by atoms with Gasteiger partial charge >= 0.3 is 0 Å². The SMILES string of the molecule is CN1CCc2cc(C3CCCC3)ccc21. The van der Waals surface area contributed by atoms with Crippen LogP contribution in [-0.4, -0.2) is 13.6 Å². The molecule has 2 aliphatic rings. The van der Waals surface area contributed by atoms with Gasteiger partial charge in [-0.2, -0.15) is 0 Å². The third kappa shape index (κ3) is 1.54. The molecular weight excluding hydrogens is 182 g/mol. The first-order chi connectivity index (χ1) is 7.34. The van der Waals surface area contributed by atoms with Gasteiger partial charge in [0, 0.05) is 19.3 Å². The lowest BCUT2D eigenvalue weighted by atomic mass is 9.95. The van der Waals surface area contributed by atoms with Crippen molar-refractivity contribution < 1.29 is 0 Å². The van der Waals surface area contributed by atoms with Gasteiger partial charge in [-0.1, -0.05) is 25.0 Å². The molecule has 15 heavy (non-hydrogen) atoms. The Hall–Kier alpha value is -0.980. The fourth-order valence-electron chi connectivity index (χ4n) is 3.10. The van der Waals surface area contributed by atoms with E-state index in [1.165, 1.54) is 44.3 Å². The molecule has 1 fully saturated rings. The molecule has 1 aromatic rings. The molecule has 80 valence electrons. The van der Waals surface area contributed by atoms with E-state index >= 15 is 0 Å². The van der Waals surface area contributed by atoms with Crippen LogP contribution in [0.1, 0.15) is 42.7 Å². The standard InChI is InChI=1S/C14H19N/c1-15-9-8-13-10-12(6-7-14(13)15)11-4-2-3-5-11/h6-7,10-11H,2-5,8-9H2,1H3. The molecular formula is C14H19N. The maximum Gasteiger partial charge on any atom is 0.0397 e. The molecule has 0 amide bonds. The lowest BCUT2D eigenvalue weighted by Crippen LogP contribution is -2.12. The van der Waals surface area contributed by atoms with Gasteiger partial charge in [0.05, 0.1) is 0 Å². The Labute approximate surface area is 92.1 Å². The van der Waals surface area contributed by atoms with Crippen LogP contribution < -0.4 is 4.90 Å². The molecule has 1 nitrogen and oxygen atoms in total. The van der Waals surface area contributed by atoms with Crippen molar-refractivity contribution in [2.45, 2.75) is 38.0 Å². The molecule has 0 unspecified atom stereocenters. The van der Waals surface area contributed by atoms with Crippen molar-refractivity contribution >= 4 is 5.69 Å². The molecule has 0 saturated heterocycles. The predicted octanol–water partition coefficient (Wildman–Crippen LogP) is 3.34. The van der Waals surface area contributed by atoms with Gasteiger partial charge < -0.3 is 4.90 Å². The van der Waals surface area contributed by atoms with E-state index in [4.69, 9.17) is 0 Å². The minimum Gasteiger partial charge on any atom is -0.374 e. The van der Waals surface area contributed by atoms with Crippen molar-refractivity contribution in [2.75, 3.05) is 18.5 Å². The molecule has 0 N–H and O–H groups in total. The molecule has 1 aromatic carbocycles. The van der Waals surface area contributed by atoms with Crippen LogP contribution in [0.25, 0.3) is 0 Å². The predicted molar refractivity (Wildman–Crippen MR) is 64.6 cm³/mol. The summed E-state index contributed by atoms with van der Waals surface area (Å²) in [5.41, 5.74) is 4.63. The van der Waals surface area contributed by atoms with Crippen LogP contribution in [0.15, 0.2) is 18.2 Å². The Kier molecular flexibility index (Phi) is 2.19. The molecule has 1 saturated carbocycles. The smallest absolute Gasteiger partial charge is 0.0397 e. The second kappa shape index (κ2) is 3.55. The van der Waals surface area contributed by atoms with E-state index in [-0.39, 0.29) is 0 Å². The van der Waals surface area contributed by atoms with Crippen molar-refractivity contribution in [3.05, 3.63) is 29.3 Å². The summed E-state index contributed by atoms with van der Waals surface area (Å²) in [5.74, 6) is 0.862. The number of likely N-dealkylation sites (N-methyl/N-ethyl adjacent to an activating group) is 1. The van der Waals surface area contributed by atoms with Gasteiger partial charge in [0.25, 0.3) is 0 Å². The van der Waals surface area contributed by atoms with Crippen molar-refractivity contribution in [3.8, 4) is 0 Å². The highest BCUT2D eigenvalue weighted by Crippen LogP contribution is 2.37. The van der Waals surface area contributed by atoms with E-state index in [9.17, 15) is 0 Å². The Morgan fingerprint density at radius 1 is 1.20 bits per heavy atom. The van der Waals surface area contributed by atoms with Gasteiger partial charge in [0.1, 0.15) is 0 Å². The third-order valence-electron chi connectivity index (χ3n) is 4.06. The minimum absolute atomic E-state index is 0.862. The summed E-state index contributed by atoms with van der Waals surface area (Å²) in [6, 6.07) is 7.15. The molecule has 1 aliphatic heterocycles. The molecule has 0 spiro atoms. The van der Waals surface area contributed by atoms with Crippen LogP contribution in [0.2, 0.25) is 0 Å². The first-order valence-corrected chi connectivity index (χ1v) is 6.18. The largest absolute Gasteiger partial charge is 0.374 e. The molecule has 3 rings (SSSR count). The van der Waals surface area contributed by atoms with Crippen LogP contribution in [0, 0.1) is 0 Å². The molecule has 1 aliphatic carbocycles. The molecule has 1 heterocycles. The van der Waals surface area contributed by atoms with Gasteiger partial charge in [-0.3, -0.25) is 0 Å². The molecule has 0 aromatic heterocycles. The van der Waals surface area contributed by atoms with Crippen molar-refractivity contribution in [1.29, 1.82) is 0 Å². The van der Waals surface area contributed by atoms with Crippen molar-refractivity contribution in [1.82, 2.24) is 0 Å². The highest BCUT2D eigenvalue weighted by Gasteiger charge is 2.20. The number of hydrogen-bond acceptors (Lipinski definition) is 1. The zero-order valence-corrected chi connectivity index (χ0v) is 9.50. The number of nitrogens with zero attached hydrogens (tertiary/aromatic N) is 1. The fraction of sp³-hybridized carbons (Fsp3) is 0.571. The zero-order chi connectivity index (χ0) is 10.3. The minimum atomic E-state index is 0.862. The average molecular weight is 201 g/mol. The van der Waals surface area contributed by atoms with Crippen molar-refractivity contribution in [2.24, 2.45) is 0 Å². The number of anilines is 1. The van der Waals surface area contributed by atoms with Gasteiger partial charge in [0.15, 0.2) is 0 Å². The van der Waals surface area contributed by atoms with E-state index in [1.54, 1.807) is 11.1 Å². The van der Waals surface area contributed by atoms with E-state index < -0.39 is 0 Å². The average Bonchev–Trinajstić information content (AvgIpc) is 2.88. The summed E-state index contributed by atoms with van der Waals surface area (Å²) in [4.78, 5) is 2.37. The van der Waals surface area contributed by atoms with Gasteiger partial charge in [-0.25, -0.2) is 0 Å². The van der Waals surface area contributed by atoms with Crippen molar-refractivity contribution in [3.63, 3.8) is 0 Å². The quantitative estimate of drug-likeness (QED) is 0.673. The normalized spacial score (nSPS) is 21.0. The summed E-state index contributed by atoms with van der Waals surface area (Å²) in [6.45, 7) is 1.20. The highest BCUT2D eigenvalue weighted by molar-refractivity contribution is 5.58. The number of fused-ring (bicyclic) bond motifs is 1. The molecule has 1 heteroatoms. The number of hydrogen-bond donors (Lipinski definition) is 0. The molecule has 0 atom stereocenters. The fourth-order valence-corrected chi connectivity index (χ4v) is 3.10. The Bertz CT molecular complexity index is 364. The zero-order valence-electron chi connectivity index (χ0n) is 9.50. The highest BCUT2D eigenvalue weighted by atomic mass is 15.1. The van der Waals surface area contributed by atoms with Crippen LogP contribution in [0.5, 0.6) is 0 Å². The monoisotopic (exact) mass is 201 g/mol. The Morgan fingerprint density at radius 2 is 2.00 bits per heavy atom. The molecule has 0 bridgehead atoms. The third-order valence-corrected chi connectivity index (χ3v) is 4.06. The Morgan fingerprint density at radius 3 is 2.80 bits per heavy atom. The van der Waals surface area contributed by atoms with Gasteiger partial charge in [-0.15, -0.1) is 0 Å². The first-order valence-electron chi connectivity index (χ1n) is 6.18. The van der Waals surface area contributed by atoms with E-state index in [0.29, 0.717) is 0 Å². The first kappa shape index (κ1) is 9.26. The summed E-state index contributed by atoms with van der Waals surface area (Å²) in [6.07, 6.45) is 6.93. The lowest BCUT2D eigenvalue weighted by molar-refractivity contribution is 0.722. The van der Waals surface area contributed by atoms with Crippen LogP contribution in [-0.2, 0) is 6.42 Å². The second-order valence-electron chi connectivity index (χ2n) is 5.04. The van der Waals surface area contributed by atoms with Gasteiger partial charge in [-0.05, 0) is 42.4 Å².